The largest absolute Gasteiger partial charge is 0.310 e. The first-order chi connectivity index (χ1) is 5.86. The maximum atomic E-state index is 3.52. The van der Waals surface area contributed by atoms with Gasteiger partial charge in [-0.15, -0.1) is 0 Å². The second-order valence-corrected chi connectivity index (χ2v) is 3.71. The van der Waals surface area contributed by atoms with Gasteiger partial charge in [0.2, 0.25) is 0 Å². The van der Waals surface area contributed by atoms with E-state index in [1.807, 2.05) is 0 Å². The highest BCUT2D eigenvalue weighted by Crippen LogP contribution is 2.25. The van der Waals surface area contributed by atoms with Gasteiger partial charge >= 0.3 is 0 Å². The zero-order valence-electron chi connectivity index (χ0n) is 7.46. The van der Waals surface area contributed by atoms with Crippen molar-refractivity contribution in [2.75, 3.05) is 6.54 Å². The smallest absolute Gasteiger partial charge is 0.0323 e. The molecule has 2 rings (SSSR count). The van der Waals surface area contributed by atoms with Crippen LogP contribution >= 0.6 is 0 Å². The molecule has 1 N–H and O–H groups in total. The molecule has 2 atom stereocenters. The Morgan fingerprint density at radius 2 is 2.00 bits per heavy atom. The molecule has 0 bridgehead atoms. The van der Waals surface area contributed by atoms with Gasteiger partial charge in [0.15, 0.2) is 0 Å². The average molecular weight is 161 g/mol. The van der Waals surface area contributed by atoms with Gasteiger partial charge in [-0.1, -0.05) is 37.3 Å². The fourth-order valence-electron chi connectivity index (χ4n) is 1.85. The fourth-order valence-corrected chi connectivity index (χ4v) is 1.85. The van der Waals surface area contributed by atoms with Gasteiger partial charge in [-0.3, -0.25) is 0 Å². The summed E-state index contributed by atoms with van der Waals surface area (Å²) in [6, 6.07) is 11.3. The van der Waals surface area contributed by atoms with E-state index in [9.17, 15) is 0 Å². The van der Waals surface area contributed by atoms with Crippen molar-refractivity contribution >= 4 is 0 Å². The lowest BCUT2D eigenvalue weighted by Gasteiger charge is -2.09. The first-order valence-corrected chi connectivity index (χ1v) is 4.64. The van der Waals surface area contributed by atoms with Crippen LogP contribution in [-0.4, -0.2) is 6.54 Å². The molecule has 1 aliphatic rings. The predicted molar refractivity (Wildman–Crippen MR) is 51.0 cm³/mol. The monoisotopic (exact) mass is 161 g/mol. The van der Waals surface area contributed by atoms with Crippen molar-refractivity contribution in [2.24, 2.45) is 5.92 Å². The fraction of sp³-hybridized carbons (Fsp3) is 0.455. The van der Waals surface area contributed by atoms with Gasteiger partial charge in [0, 0.05) is 6.04 Å². The van der Waals surface area contributed by atoms with Crippen LogP contribution in [0, 0.1) is 5.92 Å². The molecule has 1 aromatic rings. The van der Waals surface area contributed by atoms with Gasteiger partial charge in [-0.05, 0) is 24.4 Å². The number of hydrogen-bond acceptors (Lipinski definition) is 1. The van der Waals surface area contributed by atoms with Gasteiger partial charge in [-0.2, -0.15) is 0 Å². The van der Waals surface area contributed by atoms with Crippen LogP contribution in [0.4, 0.5) is 0 Å². The van der Waals surface area contributed by atoms with Gasteiger partial charge in [-0.25, -0.2) is 0 Å². The molecule has 1 heteroatoms. The zero-order valence-corrected chi connectivity index (χ0v) is 7.46. The molecule has 1 saturated heterocycles. The van der Waals surface area contributed by atoms with Crippen LogP contribution < -0.4 is 5.32 Å². The molecule has 0 aromatic heterocycles. The number of rotatable bonds is 1. The molecule has 1 nitrogen and oxygen atoms in total. The average Bonchev–Trinajstić information content (AvgIpc) is 2.54. The summed E-state index contributed by atoms with van der Waals surface area (Å²) in [5.74, 6) is 0.829. The Bertz CT molecular complexity index is 242. The van der Waals surface area contributed by atoms with E-state index >= 15 is 0 Å². The van der Waals surface area contributed by atoms with E-state index in [1.165, 1.54) is 18.5 Å². The molecule has 1 heterocycles. The molecule has 1 aliphatic heterocycles. The predicted octanol–water partition coefficient (Wildman–Crippen LogP) is 2.36. The van der Waals surface area contributed by atoms with Crippen molar-refractivity contribution in [3.05, 3.63) is 35.9 Å². The number of benzene rings is 1. The SMILES string of the molecule is CC1CNC(c2ccccc2)C1. The molecule has 0 spiro atoms. The molecule has 64 valence electrons. The molecular weight excluding hydrogens is 146 g/mol. The summed E-state index contributed by atoms with van der Waals surface area (Å²) in [5, 5.41) is 3.52. The van der Waals surface area contributed by atoms with Crippen LogP contribution in [0.15, 0.2) is 30.3 Å². The van der Waals surface area contributed by atoms with Crippen molar-refractivity contribution in [3.63, 3.8) is 0 Å². The van der Waals surface area contributed by atoms with E-state index in [0.717, 1.165) is 5.92 Å². The topological polar surface area (TPSA) is 12.0 Å². The third kappa shape index (κ3) is 1.51. The Morgan fingerprint density at radius 1 is 1.25 bits per heavy atom. The molecule has 2 unspecified atom stereocenters. The second kappa shape index (κ2) is 3.28. The highest BCUT2D eigenvalue weighted by atomic mass is 14.9. The minimum absolute atomic E-state index is 0.598. The highest BCUT2D eigenvalue weighted by Gasteiger charge is 2.21. The maximum absolute atomic E-state index is 3.52. The minimum atomic E-state index is 0.598. The summed E-state index contributed by atoms with van der Waals surface area (Å²) in [4.78, 5) is 0. The number of nitrogens with one attached hydrogen (secondary N) is 1. The number of hydrogen-bond donors (Lipinski definition) is 1. The summed E-state index contributed by atoms with van der Waals surface area (Å²) < 4.78 is 0. The van der Waals surface area contributed by atoms with Crippen LogP contribution in [0.3, 0.4) is 0 Å². The molecule has 0 amide bonds. The van der Waals surface area contributed by atoms with Crippen LogP contribution in [-0.2, 0) is 0 Å². The van der Waals surface area contributed by atoms with Gasteiger partial charge < -0.3 is 5.32 Å². The Hall–Kier alpha value is -0.820. The molecule has 0 radical (unpaired) electrons. The van der Waals surface area contributed by atoms with Crippen molar-refractivity contribution in [1.29, 1.82) is 0 Å². The summed E-state index contributed by atoms with van der Waals surface area (Å²) in [6.07, 6.45) is 1.28. The van der Waals surface area contributed by atoms with Crippen LogP contribution in [0.5, 0.6) is 0 Å². The van der Waals surface area contributed by atoms with E-state index < -0.39 is 0 Å². The Labute approximate surface area is 73.8 Å². The third-order valence-corrected chi connectivity index (χ3v) is 2.55. The lowest BCUT2D eigenvalue weighted by Crippen LogP contribution is -2.12. The first kappa shape index (κ1) is 7.81. The molecule has 1 fully saturated rings. The lowest BCUT2D eigenvalue weighted by molar-refractivity contribution is 0.612. The van der Waals surface area contributed by atoms with Gasteiger partial charge in [0.05, 0.1) is 0 Å². The summed E-state index contributed by atoms with van der Waals surface area (Å²) in [7, 11) is 0. The van der Waals surface area contributed by atoms with E-state index in [0.29, 0.717) is 6.04 Å². The Balaban J connectivity index is 2.11. The lowest BCUT2D eigenvalue weighted by atomic mass is 10.0. The van der Waals surface area contributed by atoms with E-state index in [1.54, 1.807) is 0 Å². The highest BCUT2D eigenvalue weighted by molar-refractivity contribution is 5.19. The van der Waals surface area contributed by atoms with E-state index in [4.69, 9.17) is 0 Å². The molecule has 0 aliphatic carbocycles. The zero-order chi connectivity index (χ0) is 8.39. The summed E-state index contributed by atoms with van der Waals surface area (Å²) in [6.45, 7) is 3.47. The first-order valence-electron chi connectivity index (χ1n) is 4.64. The van der Waals surface area contributed by atoms with Crippen molar-refractivity contribution < 1.29 is 0 Å². The molecule has 12 heavy (non-hydrogen) atoms. The van der Waals surface area contributed by atoms with Gasteiger partial charge in [0.1, 0.15) is 0 Å². The maximum Gasteiger partial charge on any atom is 0.0323 e. The molecule has 0 saturated carbocycles. The molecular formula is C11H15N. The Kier molecular flexibility index (Phi) is 2.13. The van der Waals surface area contributed by atoms with Crippen molar-refractivity contribution in [3.8, 4) is 0 Å². The minimum Gasteiger partial charge on any atom is -0.310 e. The van der Waals surface area contributed by atoms with Crippen LogP contribution in [0.2, 0.25) is 0 Å². The third-order valence-electron chi connectivity index (χ3n) is 2.55. The normalized spacial score (nSPS) is 29.1. The van der Waals surface area contributed by atoms with Crippen LogP contribution in [0.25, 0.3) is 0 Å². The Morgan fingerprint density at radius 3 is 2.58 bits per heavy atom. The van der Waals surface area contributed by atoms with Crippen LogP contribution in [0.1, 0.15) is 24.9 Å². The molecule has 1 aromatic carbocycles. The second-order valence-electron chi connectivity index (χ2n) is 3.71. The quantitative estimate of drug-likeness (QED) is 0.666. The standard InChI is InChI=1S/C11H15N/c1-9-7-11(12-8-9)10-5-3-2-4-6-10/h2-6,9,11-12H,7-8H2,1H3. The van der Waals surface area contributed by atoms with E-state index in [2.05, 4.69) is 42.6 Å². The summed E-state index contributed by atoms with van der Waals surface area (Å²) in [5.41, 5.74) is 1.43. The van der Waals surface area contributed by atoms with Crippen molar-refractivity contribution in [1.82, 2.24) is 5.32 Å². The van der Waals surface area contributed by atoms with Crippen molar-refractivity contribution in [2.45, 2.75) is 19.4 Å². The van der Waals surface area contributed by atoms with E-state index in [-0.39, 0.29) is 0 Å². The van der Waals surface area contributed by atoms with Gasteiger partial charge in [0.25, 0.3) is 0 Å². The summed E-state index contributed by atoms with van der Waals surface area (Å²) >= 11 is 0.